The van der Waals surface area contributed by atoms with Gasteiger partial charge in [0, 0.05) is 59.6 Å². The van der Waals surface area contributed by atoms with Gasteiger partial charge in [0.15, 0.2) is 5.96 Å². The minimum atomic E-state index is 0.371. The molecule has 150 valence electrons. The molecule has 2 heterocycles. The van der Waals surface area contributed by atoms with Crippen LogP contribution in [-0.2, 0) is 9.47 Å². The number of aliphatic imine (C=N–C) groups is 1. The Bertz CT molecular complexity index is 599. The largest absolute Gasteiger partial charge is 0.381 e. The van der Waals surface area contributed by atoms with E-state index in [1.807, 2.05) is 25.2 Å². The fraction of sp³-hybridized carbons (Fsp3) is 0.650. The molecule has 0 saturated carbocycles. The molecular weight excluding hydrogens is 364 g/mol. The number of anilines is 1. The second-order valence-corrected chi connectivity index (χ2v) is 7.34. The maximum Gasteiger partial charge on any atom is 0.193 e. The van der Waals surface area contributed by atoms with Gasteiger partial charge < -0.3 is 24.6 Å². The molecule has 1 aromatic rings. The summed E-state index contributed by atoms with van der Waals surface area (Å²) in [7, 11) is 1.85. The Morgan fingerprint density at radius 1 is 1.22 bits per heavy atom. The smallest absolute Gasteiger partial charge is 0.193 e. The maximum atomic E-state index is 6.33. The third-order valence-corrected chi connectivity index (χ3v) is 5.43. The van der Waals surface area contributed by atoms with Crippen molar-refractivity contribution in [1.82, 2.24) is 10.2 Å². The van der Waals surface area contributed by atoms with E-state index >= 15 is 0 Å². The van der Waals surface area contributed by atoms with Crippen LogP contribution in [0.15, 0.2) is 29.3 Å². The van der Waals surface area contributed by atoms with Crippen LogP contribution in [0.25, 0.3) is 0 Å². The predicted molar refractivity (Wildman–Crippen MR) is 111 cm³/mol. The van der Waals surface area contributed by atoms with Gasteiger partial charge in [-0.05, 0) is 31.4 Å². The highest BCUT2D eigenvalue weighted by Crippen LogP contribution is 2.26. The number of benzene rings is 1. The first kappa shape index (κ1) is 20.2. The van der Waals surface area contributed by atoms with E-state index in [0.717, 1.165) is 88.5 Å². The molecule has 0 aliphatic carbocycles. The van der Waals surface area contributed by atoms with Crippen LogP contribution in [0.5, 0.6) is 0 Å². The Morgan fingerprint density at radius 2 is 1.96 bits per heavy atom. The van der Waals surface area contributed by atoms with E-state index in [-0.39, 0.29) is 0 Å². The number of nitrogens with one attached hydrogen (secondary N) is 1. The number of hydrogen-bond donors (Lipinski definition) is 1. The number of ether oxygens (including phenoxy) is 2. The standard InChI is InChI=1S/C20H31ClN4O2/c1-22-20(23-9-4-14-27-17-7-15-26-16-8-17)25-12-10-24(11-13-25)19-6-3-2-5-18(19)21/h2-3,5-6,17H,4,7-16H2,1H3,(H,22,23). The van der Waals surface area contributed by atoms with Crippen molar-refractivity contribution >= 4 is 23.2 Å². The van der Waals surface area contributed by atoms with Crippen LogP contribution in [0.3, 0.4) is 0 Å². The van der Waals surface area contributed by atoms with Gasteiger partial charge in [-0.25, -0.2) is 0 Å². The summed E-state index contributed by atoms with van der Waals surface area (Å²) in [6.07, 6.45) is 3.39. The van der Waals surface area contributed by atoms with Gasteiger partial charge in [-0.15, -0.1) is 0 Å². The zero-order valence-electron chi connectivity index (χ0n) is 16.2. The predicted octanol–water partition coefficient (Wildman–Crippen LogP) is 2.62. The van der Waals surface area contributed by atoms with E-state index in [1.165, 1.54) is 0 Å². The van der Waals surface area contributed by atoms with Gasteiger partial charge in [-0.3, -0.25) is 4.99 Å². The van der Waals surface area contributed by atoms with E-state index in [0.29, 0.717) is 6.10 Å². The van der Waals surface area contributed by atoms with E-state index in [4.69, 9.17) is 21.1 Å². The number of nitrogens with zero attached hydrogens (tertiary/aromatic N) is 3. The van der Waals surface area contributed by atoms with Gasteiger partial charge in [0.1, 0.15) is 0 Å². The highest BCUT2D eigenvalue weighted by Gasteiger charge is 2.21. The van der Waals surface area contributed by atoms with Gasteiger partial charge in [0.05, 0.1) is 16.8 Å². The van der Waals surface area contributed by atoms with Crippen LogP contribution in [0.1, 0.15) is 19.3 Å². The molecule has 0 bridgehead atoms. The summed E-state index contributed by atoms with van der Waals surface area (Å²) in [4.78, 5) is 9.10. The molecule has 1 aromatic carbocycles. The molecule has 0 aromatic heterocycles. The molecule has 0 spiro atoms. The lowest BCUT2D eigenvalue weighted by molar-refractivity contribution is -0.0320. The van der Waals surface area contributed by atoms with Crippen molar-refractivity contribution in [3.8, 4) is 0 Å². The second-order valence-electron chi connectivity index (χ2n) is 6.94. The summed E-state index contributed by atoms with van der Waals surface area (Å²) >= 11 is 6.33. The normalized spacial score (nSPS) is 19.4. The highest BCUT2D eigenvalue weighted by atomic mass is 35.5. The average molecular weight is 395 g/mol. The summed E-state index contributed by atoms with van der Waals surface area (Å²) in [6.45, 7) is 7.07. The van der Waals surface area contributed by atoms with Crippen molar-refractivity contribution < 1.29 is 9.47 Å². The molecule has 27 heavy (non-hydrogen) atoms. The summed E-state index contributed by atoms with van der Waals surface area (Å²) in [5.74, 6) is 0.972. The zero-order chi connectivity index (χ0) is 18.9. The van der Waals surface area contributed by atoms with Gasteiger partial charge >= 0.3 is 0 Å². The molecule has 2 saturated heterocycles. The van der Waals surface area contributed by atoms with Crippen molar-refractivity contribution in [2.24, 2.45) is 4.99 Å². The van der Waals surface area contributed by atoms with E-state index in [2.05, 4.69) is 26.2 Å². The number of hydrogen-bond acceptors (Lipinski definition) is 4. The second kappa shape index (κ2) is 10.7. The van der Waals surface area contributed by atoms with Crippen molar-refractivity contribution in [2.75, 3.05) is 64.5 Å². The number of para-hydroxylation sites is 1. The lowest BCUT2D eigenvalue weighted by atomic mass is 10.1. The summed E-state index contributed by atoms with van der Waals surface area (Å²) in [6, 6.07) is 8.05. The molecule has 3 rings (SSSR count). The molecule has 0 amide bonds. The summed E-state index contributed by atoms with van der Waals surface area (Å²) in [5, 5.41) is 4.29. The van der Waals surface area contributed by atoms with Crippen molar-refractivity contribution in [3.05, 3.63) is 29.3 Å². The summed E-state index contributed by atoms with van der Waals surface area (Å²) in [5.41, 5.74) is 1.12. The zero-order valence-corrected chi connectivity index (χ0v) is 17.0. The Hall–Kier alpha value is -1.50. The molecule has 0 radical (unpaired) electrons. The van der Waals surface area contributed by atoms with E-state index in [9.17, 15) is 0 Å². The Morgan fingerprint density at radius 3 is 2.67 bits per heavy atom. The SMILES string of the molecule is CN=C(NCCCOC1CCOCC1)N1CCN(c2ccccc2Cl)CC1. The molecule has 2 aliphatic rings. The molecule has 0 atom stereocenters. The fourth-order valence-electron chi connectivity index (χ4n) is 3.56. The minimum Gasteiger partial charge on any atom is -0.381 e. The lowest BCUT2D eigenvalue weighted by Gasteiger charge is -2.38. The van der Waals surface area contributed by atoms with Crippen molar-refractivity contribution in [3.63, 3.8) is 0 Å². The minimum absolute atomic E-state index is 0.371. The highest BCUT2D eigenvalue weighted by molar-refractivity contribution is 6.33. The van der Waals surface area contributed by atoms with Gasteiger partial charge in [-0.2, -0.15) is 0 Å². The molecule has 0 unspecified atom stereocenters. The Balaban J connectivity index is 1.35. The average Bonchev–Trinajstić information content (AvgIpc) is 2.72. The van der Waals surface area contributed by atoms with Crippen LogP contribution in [0, 0.1) is 0 Å². The number of rotatable bonds is 6. The number of guanidine groups is 1. The topological polar surface area (TPSA) is 49.3 Å². The van der Waals surface area contributed by atoms with Crippen LogP contribution in [0.2, 0.25) is 5.02 Å². The Kier molecular flexibility index (Phi) is 8.05. The van der Waals surface area contributed by atoms with Crippen LogP contribution < -0.4 is 10.2 Å². The lowest BCUT2D eigenvalue weighted by Crippen LogP contribution is -2.52. The first-order chi connectivity index (χ1) is 13.3. The van der Waals surface area contributed by atoms with Gasteiger partial charge in [0.25, 0.3) is 0 Å². The van der Waals surface area contributed by atoms with E-state index in [1.54, 1.807) is 0 Å². The third kappa shape index (κ3) is 5.99. The number of piperazine rings is 1. The quantitative estimate of drug-likeness (QED) is 0.456. The molecule has 2 aliphatic heterocycles. The first-order valence-electron chi connectivity index (χ1n) is 9.92. The molecule has 6 nitrogen and oxygen atoms in total. The maximum absolute atomic E-state index is 6.33. The molecule has 1 N–H and O–H groups in total. The van der Waals surface area contributed by atoms with Gasteiger partial charge in [-0.1, -0.05) is 23.7 Å². The van der Waals surface area contributed by atoms with Crippen LogP contribution in [-0.4, -0.2) is 76.6 Å². The number of halogens is 1. The van der Waals surface area contributed by atoms with Crippen LogP contribution in [0.4, 0.5) is 5.69 Å². The summed E-state index contributed by atoms with van der Waals surface area (Å²) < 4.78 is 11.3. The fourth-order valence-corrected chi connectivity index (χ4v) is 3.82. The monoisotopic (exact) mass is 394 g/mol. The van der Waals surface area contributed by atoms with Crippen molar-refractivity contribution in [2.45, 2.75) is 25.4 Å². The van der Waals surface area contributed by atoms with Crippen LogP contribution >= 0.6 is 11.6 Å². The van der Waals surface area contributed by atoms with Crippen molar-refractivity contribution in [1.29, 1.82) is 0 Å². The molecule has 2 fully saturated rings. The molecular formula is C20H31ClN4O2. The first-order valence-corrected chi connectivity index (χ1v) is 10.3. The molecule has 7 heteroatoms. The van der Waals surface area contributed by atoms with Gasteiger partial charge in [0.2, 0.25) is 0 Å². The van der Waals surface area contributed by atoms with E-state index < -0.39 is 0 Å². The Labute approximate surface area is 167 Å². The third-order valence-electron chi connectivity index (χ3n) is 5.11.